The second-order valence-corrected chi connectivity index (χ2v) is 8.76. The largest absolute Gasteiger partial charge is 0.341 e. The molecule has 0 spiro atoms. The number of nitrogens with zero attached hydrogens (tertiary/aromatic N) is 2. The molecule has 2 amide bonds. The van der Waals surface area contributed by atoms with Crippen LogP contribution in [0.1, 0.15) is 32.8 Å². The molecule has 1 aliphatic heterocycles. The Hall–Kier alpha value is -2.66. The molecule has 1 saturated heterocycles. The molecule has 1 unspecified atom stereocenters. The molecule has 30 heavy (non-hydrogen) atoms. The first-order valence-electron chi connectivity index (χ1n) is 10.8. The molecule has 0 aromatic heterocycles. The van der Waals surface area contributed by atoms with Crippen molar-refractivity contribution < 1.29 is 9.59 Å². The number of amides is 2. The Morgan fingerprint density at radius 2 is 1.67 bits per heavy atom. The van der Waals surface area contributed by atoms with E-state index in [4.69, 9.17) is 5.73 Å². The number of hydrogen-bond acceptors (Lipinski definition) is 3. The van der Waals surface area contributed by atoms with Gasteiger partial charge in [0.25, 0.3) is 0 Å². The summed E-state index contributed by atoms with van der Waals surface area (Å²) in [5, 5.41) is 0. The van der Waals surface area contributed by atoms with Crippen molar-refractivity contribution in [2.75, 3.05) is 26.2 Å². The van der Waals surface area contributed by atoms with Crippen LogP contribution in [0.3, 0.4) is 0 Å². The second kappa shape index (κ2) is 9.43. The van der Waals surface area contributed by atoms with E-state index in [0.717, 1.165) is 24.1 Å². The Balaban J connectivity index is 1.79. The van der Waals surface area contributed by atoms with Gasteiger partial charge in [0, 0.05) is 26.2 Å². The van der Waals surface area contributed by atoms with E-state index in [2.05, 4.69) is 43.3 Å². The van der Waals surface area contributed by atoms with Gasteiger partial charge in [0.2, 0.25) is 11.8 Å². The lowest BCUT2D eigenvalue weighted by atomic mass is 9.95. The van der Waals surface area contributed by atoms with E-state index in [0.29, 0.717) is 26.1 Å². The van der Waals surface area contributed by atoms with Crippen LogP contribution >= 0.6 is 0 Å². The molecule has 2 aromatic carbocycles. The summed E-state index contributed by atoms with van der Waals surface area (Å²) in [5.74, 6) is -0.222. The monoisotopic (exact) mass is 407 g/mol. The number of rotatable bonds is 6. The Labute approximate surface area is 179 Å². The summed E-state index contributed by atoms with van der Waals surface area (Å²) in [7, 11) is 0. The van der Waals surface area contributed by atoms with Gasteiger partial charge in [-0.05, 0) is 43.4 Å². The number of carbonyl (C=O) groups excluding carboxylic acids is 2. The zero-order valence-electron chi connectivity index (χ0n) is 18.3. The standard InChI is InChI=1S/C25H33N3O2/c1-4-14-27-15-16-28(24(30)25(2,3)26)18-22(23(27)29)17-19-10-12-21(13-11-19)20-8-6-5-7-9-20/h5-13,22H,4,14-18,26H2,1-3H3. The van der Waals surface area contributed by atoms with Crippen molar-refractivity contribution in [3.05, 3.63) is 60.2 Å². The maximum absolute atomic E-state index is 13.2. The lowest BCUT2D eigenvalue weighted by molar-refractivity contribution is -0.137. The first kappa shape index (κ1) is 22.0. The average Bonchev–Trinajstić information content (AvgIpc) is 2.88. The third-order valence-corrected chi connectivity index (χ3v) is 5.62. The van der Waals surface area contributed by atoms with Crippen molar-refractivity contribution in [1.82, 2.24) is 9.80 Å². The van der Waals surface area contributed by atoms with Crippen LogP contribution in [0.25, 0.3) is 11.1 Å². The van der Waals surface area contributed by atoms with Gasteiger partial charge in [-0.25, -0.2) is 0 Å². The maximum atomic E-state index is 13.2. The van der Waals surface area contributed by atoms with E-state index in [1.165, 1.54) is 5.56 Å². The van der Waals surface area contributed by atoms with Gasteiger partial charge < -0.3 is 15.5 Å². The first-order valence-corrected chi connectivity index (χ1v) is 10.8. The van der Waals surface area contributed by atoms with E-state index in [1.54, 1.807) is 18.7 Å². The van der Waals surface area contributed by atoms with Gasteiger partial charge in [0.1, 0.15) is 0 Å². The van der Waals surface area contributed by atoms with E-state index in [9.17, 15) is 9.59 Å². The zero-order valence-corrected chi connectivity index (χ0v) is 18.3. The quantitative estimate of drug-likeness (QED) is 0.799. The Morgan fingerprint density at radius 3 is 2.27 bits per heavy atom. The van der Waals surface area contributed by atoms with E-state index in [-0.39, 0.29) is 17.7 Å². The van der Waals surface area contributed by atoms with Gasteiger partial charge in [-0.15, -0.1) is 0 Å². The van der Waals surface area contributed by atoms with Crippen molar-refractivity contribution >= 4 is 11.8 Å². The molecule has 2 aromatic rings. The van der Waals surface area contributed by atoms with Gasteiger partial charge in [-0.2, -0.15) is 0 Å². The summed E-state index contributed by atoms with van der Waals surface area (Å²) in [6, 6.07) is 18.6. The highest BCUT2D eigenvalue weighted by molar-refractivity contribution is 5.87. The number of nitrogens with two attached hydrogens (primary N) is 1. The van der Waals surface area contributed by atoms with Gasteiger partial charge in [0.05, 0.1) is 11.5 Å². The van der Waals surface area contributed by atoms with Crippen LogP contribution in [0.15, 0.2) is 54.6 Å². The van der Waals surface area contributed by atoms with Crippen molar-refractivity contribution in [3.8, 4) is 11.1 Å². The zero-order chi connectivity index (χ0) is 21.7. The van der Waals surface area contributed by atoms with Gasteiger partial charge >= 0.3 is 0 Å². The summed E-state index contributed by atoms with van der Waals surface area (Å²) in [6.07, 6.45) is 1.52. The lowest BCUT2D eigenvalue weighted by Crippen LogP contribution is -2.52. The van der Waals surface area contributed by atoms with E-state index in [1.807, 2.05) is 23.1 Å². The molecular formula is C25H33N3O2. The third-order valence-electron chi connectivity index (χ3n) is 5.62. The minimum atomic E-state index is -0.940. The molecule has 1 atom stereocenters. The van der Waals surface area contributed by atoms with Gasteiger partial charge in [0.15, 0.2) is 0 Å². The van der Waals surface area contributed by atoms with Crippen LogP contribution in [0.5, 0.6) is 0 Å². The molecule has 0 radical (unpaired) electrons. The van der Waals surface area contributed by atoms with Crippen LogP contribution in [0.2, 0.25) is 0 Å². The predicted molar refractivity (Wildman–Crippen MR) is 121 cm³/mol. The lowest BCUT2D eigenvalue weighted by Gasteiger charge is -2.29. The number of hydrogen-bond donors (Lipinski definition) is 1. The fraction of sp³-hybridized carbons (Fsp3) is 0.440. The van der Waals surface area contributed by atoms with Gasteiger partial charge in [-0.3, -0.25) is 9.59 Å². The minimum absolute atomic E-state index is 0.0990. The highest BCUT2D eigenvalue weighted by Crippen LogP contribution is 2.23. The Morgan fingerprint density at radius 1 is 1.03 bits per heavy atom. The topological polar surface area (TPSA) is 66.6 Å². The number of carbonyl (C=O) groups is 2. The summed E-state index contributed by atoms with van der Waals surface area (Å²) in [6.45, 7) is 7.76. The van der Waals surface area contributed by atoms with Crippen LogP contribution in [0.4, 0.5) is 0 Å². The molecule has 0 aliphatic carbocycles. The molecule has 3 rings (SSSR count). The van der Waals surface area contributed by atoms with E-state index < -0.39 is 5.54 Å². The maximum Gasteiger partial charge on any atom is 0.242 e. The third kappa shape index (κ3) is 5.28. The minimum Gasteiger partial charge on any atom is -0.341 e. The summed E-state index contributed by atoms with van der Waals surface area (Å²) >= 11 is 0. The van der Waals surface area contributed by atoms with Gasteiger partial charge in [-0.1, -0.05) is 61.5 Å². The summed E-state index contributed by atoms with van der Waals surface area (Å²) in [4.78, 5) is 29.7. The van der Waals surface area contributed by atoms with Crippen molar-refractivity contribution in [3.63, 3.8) is 0 Å². The molecule has 160 valence electrons. The fourth-order valence-corrected chi connectivity index (χ4v) is 4.03. The molecule has 5 heteroatoms. The highest BCUT2D eigenvalue weighted by Gasteiger charge is 2.35. The fourth-order valence-electron chi connectivity index (χ4n) is 4.03. The molecule has 0 bridgehead atoms. The molecule has 1 aliphatic rings. The van der Waals surface area contributed by atoms with E-state index >= 15 is 0 Å². The highest BCUT2D eigenvalue weighted by atomic mass is 16.2. The molecule has 0 saturated carbocycles. The van der Waals surface area contributed by atoms with Crippen molar-refractivity contribution in [2.24, 2.45) is 11.7 Å². The predicted octanol–water partition coefficient (Wildman–Crippen LogP) is 3.33. The smallest absolute Gasteiger partial charge is 0.242 e. The summed E-state index contributed by atoms with van der Waals surface area (Å²) < 4.78 is 0. The molecule has 1 fully saturated rings. The van der Waals surface area contributed by atoms with Crippen LogP contribution in [-0.4, -0.2) is 53.3 Å². The molecule has 1 heterocycles. The Kier molecular flexibility index (Phi) is 6.93. The van der Waals surface area contributed by atoms with Crippen LogP contribution in [0, 0.1) is 5.92 Å². The number of benzene rings is 2. The Bertz CT molecular complexity index is 856. The molecular weight excluding hydrogens is 374 g/mol. The molecule has 5 nitrogen and oxygen atoms in total. The average molecular weight is 408 g/mol. The summed E-state index contributed by atoms with van der Waals surface area (Å²) in [5.41, 5.74) is 8.56. The van der Waals surface area contributed by atoms with Crippen molar-refractivity contribution in [1.29, 1.82) is 0 Å². The van der Waals surface area contributed by atoms with Crippen molar-refractivity contribution in [2.45, 2.75) is 39.2 Å². The van der Waals surface area contributed by atoms with Crippen LogP contribution < -0.4 is 5.73 Å². The SMILES string of the molecule is CCCN1CCN(C(=O)C(C)(C)N)CC(Cc2ccc(-c3ccccc3)cc2)C1=O. The normalized spacial score (nSPS) is 17.7. The second-order valence-electron chi connectivity index (χ2n) is 8.76. The first-order chi connectivity index (χ1) is 14.3. The molecule has 2 N–H and O–H groups in total. The van der Waals surface area contributed by atoms with Crippen LogP contribution in [-0.2, 0) is 16.0 Å².